The van der Waals surface area contributed by atoms with E-state index in [0.29, 0.717) is 0 Å². The molecule has 0 aromatic carbocycles. The van der Waals surface area contributed by atoms with Gasteiger partial charge in [-0.15, -0.1) is 0 Å². The Bertz CT molecular complexity index is 412. The fraction of sp³-hybridized carbons (Fsp3) is 0.615. The zero-order valence-corrected chi connectivity index (χ0v) is 10.6. The predicted molar refractivity (Wildman–Crippen MR) is 64.0 cm³/mol. The van der Waals surface area contributed by atoms with Crippen molar-refractivity contribution in [1.82, 2.24) is 9.47 Å². The van der Waals surface area contributed by atoms with E-state index in [0.717, 1.165) is 19.5 Å². The Hall–Kier alpha value is -1.25. The summed E-state index contributed by atoms with van der Waals surface area (Å²) < 4.78 is 2.16. The highest BCUT2D eigenvalue weighted by Crippen LogP contribution is 2.24. The second-order valence-electron chi connectivity index (χ2n) is 5.63. The van der Waals surface area contributed by atoms with Crippen LogP contribution in [0.3, 0.4) is 0 Å². The lowest BCUT2D eigenvalue weighted by atomic mass is 9.93. The van der Waals surface area contributed by atoms with Gasteiger partial charge in [-0.3, -0.25) is 4.79 Å². The van der Waals surface area contributed by atoms with Gasteiger partial charge in [0.2, 0.25) is 5.91 Å². The minimum atomic E-state index is -0.272. The fourth-order valence-corrected chi connectivity index (χ4v) is 2.27. The van der Waals surface area contributed by atoms with Crippen LogP contribution in [0.1, 0.15) is 32.0 Å². The van der Waals surface area contributed by atoms with Crippen molar-refractivity contribution in [2.24, 2.45) is 12.5 Å². The number of rotatable bonds is 0. The molecule has 0 saturated heterocycles. The Labute approximate surface area is 97.1 Å². The first kappa shape index (κ1) is 11.2. The summed E-state index contributed by atoms with van der Waals surface area (Å²) in [6, 6.07) is 2.12. The molecule has 0 N–H and O–H groups in total. The first-order valence-corrected chi connectivity index (χ1v) is 5.82. The predicted octanol–water partition coefficient (Wildman–Crippen LogP) is 1.96. The molecule has 3 nitrogen and oxygen atoms in total. The van der Waals surface area contributed by atoms with Crippen molar-refractivity contribution in [2.45, 2.75) is 33.7 Å². The monoisotopic (exact) mass is 220 g/mol. The topological polar surface area (TPSA) is 25.2 Å². The van der Waals surface area contributed by atoms with Crippen molar-refractivity contribution in [2.75, 3.05) is 6.54 Å². The fourth-order valence-electron chi connectivity index (χ4n) is 2.27. The molecule has 1 amide bonds. The molecule has 0 fully saturated rings. The van der Waals surface area contributed by atoms with Gasteiger partial charge in [-0.05, 0) is 11.6 Å². The molecule has 3 heteroatoms. The molecule has 0 atom stereocenters. The number of carbonyl (C=O) groups excluding carboxylic acids is 1. The number of amides is 1. The molecule has 16 heavy (non-hydrogen) atoms. The molecular formula is C13H20N2O. The number of aryl methyl sites for hydroxylation is 1. The maximum Gasteiger partial charge on any atom is 0.228 e. The van der Waals surface area contributed by atoms with Crippen LogP contribution in [0.4, 0.5) is 0 Å². The Balaban J connectivity index is 2.17. The molecule has 88 valence electrons. The molecule has 0 saturated carbocycles. The summed E-state index contributed by atoms with van der Waals surface area (Å²) in [6.07, 6.45) is 3.05. The molecule has 1 aliphatic rings. The Morgan fingerprint density at radius 1 is 1.38 bits per heavy atom. The van der Waals surface area contributed by atoms with Gasteiger partial charge in [0.15, 0.2) is 0 Å². The molecule has 0 radical (unpaired) electrons. The van der Waals surface area contributed by atoms with E-state index in [1.165, 1.54) is 11.3 Å². The highest BCUT2D eigenvalue weighted by molar-refractivity contribution is 5.81. The third-order valence-electron chi connectivity index (χ3n) is 3.20. The zero-order chi connectivity index (χ0) is 11.9. The van der Waals surface area contributed by atoms with Crippen LogP contribution in [-0.2, 0) is 24.8 Å². The molecule has 2 rings (SSSR count). The van der Waals surface area contributed by atoms with E-state index in [1.54, 1.807) is 0 Å². The highest BCUT2D eigenvalue weighted by Gasteiger charge is 2.30. The van der Waals surface area contributed by atoms with E-state index >= 15 is 0 Å². The van der Waals surface area contributed by atoms with E-state index < -0.39 is 0 Å². The van der Waals surface area contributed by atoms with Crippen LogP contribution in [0, 0.1) is 5.41 Å². The molecule has 1 aromatic rings. The van der Waals surface area contributed by atoms with Crippen LogP contribution < -0.4 is 0 Å². The van der Waals surface area contributed by atoms with Crippen LogP contribution in [0.25, 0.3) is 0 Å². The van der Waals surface area contributed by atoms with E-state index in [4.69, 9.17) is 0 Å². The zero-order valence-electron chi connectivity index (χ0n) is 10.6. The van der Waals surface area contributed by atoms with Gasteiger partial charge in [0.25, 0.3) is 0 Å². The van der Waals surface area contributed by atoms with Crippen LogP contribution >= 0.6 is 0 Å². The number of hydrogen-bond donors (Lipinski definition) is 0. The minimum Gasteiger partial charge on any atom is -0.354 e. The third kappa shape index (κ3) is 1.86. The lowest BCUT2D eigenvalue weighted by molar-refractivity contribution is -0.140. The van der Waals surface area contributed by atoms with Gasteiger partial charge in [-0.2, -0.15) is 0 Å². The quantitative estimate of drug-likeness (QED) is 0.656. The van der Waals surface area contributed by atoms with Gasteiger partial charge < -0.3 is 9.47 Å². The van der Waals surface area contributed by atoms with Crippen molar-refractivity contribution in [3.63, 3.8) is 0 Å². The first-order chi connectivity index (χ1) is 7.39. The summed E-state index contributed by atoms with van der Waals surface area (Å²) in [5.74, 6) is 0.252. The largest absolute Gasteiger partial charge is 0.354 e. The number of fused-ring (bicyclic) bond motifs is 1. The number of nitrogens with zero attached hydrogens (tertiary/aromatic N) is 2. The second kappa shape index (κ2) is 3.65. The van der Waals surface area contributed by atoms with Gasteiger partial charge in [0.05, 0.1) is 0 Å². The van der Waals surface area contributed by atoms with Crippen molar-refractivity contribution >= 4 is 5.91 Å². The van der Waals surface area contributed by atoms with Gasteiger partial charge in [0, 0.05) is 43.9 Å². The summed E-state index contributed by atoms with van der Waals surface area (Å²) in [5, 5.41) is 0. The SMILES string of the molecule is Cn1ccc2c1CCN(C(=O)C(C)(C)C)C2. The molecule has 0 spiro atoms. The molecule has 2 heterocycles. The first-order valence-electron chi connectivity index (χ1n) is 5.82. The molecule has 0 unspecified atom stereocenters. The van der Waals surface area contributed by atoms with Gasteiger partial charge in [-0.1, -0.05) is 20.8 Å². The standard InChI is InChI=1S/C13H20N2O/c1-13(2,3)12(16)15-8-6-11-10(9-15)5-7-14(11)4/h5,7H,6,8-9H2,1-4H3. The molecule has 0 aliphatic carbocycles. The highest BCUT2D eigenvalue weighted by atomic mass is 16.2. The average molecular weight is 220 g/mol. The molecule has 1 aromatic heterocycles. The van der Waals surface area contributed by atoms with E-state index in [9.17, 15) is 4.79 Å². The van der Waals surface area contributed by atoms with E-state index in [-0.39, 0.29) is 11.3 Å². The lowest BCUT2D eigenvalue weighted by Gasteiger charge is -2.32. The summed E-state index contributed by atoms with van der Waals surface area (Å²) in [6.45, 7) is 7.56. The second-order valence-corrected chi connectivity index (χ2v) is 5.63. The van der Waals surface area contributed by atoms with Crippen LogP contribution in [0.2, 0.25) is 0 Å². The maximum absolute atomic E-state index is 12.2. The number of hydrogen-bond acceptors (Lipinski definition) is 1. The smallest absolute Gasteiger partial charge is 0.228 e. The Morgan fingerprint density at radius 3 is 2.69 bits per heavy atom. The molecule has 1 aliphatic heterocycles. The number of carbonyl (C=O) groups is 1. The van der Waals surface area contributed by atoms with Crippen LogP contribution in [0.5, 0.6) is 0 Å². The molecule has 0 bridgehead atoms. The third-order valence-corrected chi connectivity index (χ3v) is 3.20. The van der Waals surface area contributed by atoms with Crippen molar-refractivity contribution < 1.29 is 4.79 Å². The molecular weight excluding hydrogens is 200 g/mol. The van der Waals surface area contributed by atoms with Crippen molar-refractivity contribution in [3.05, 3.63) is 23.5 Å². The van der Waals surface area contributed by atoms with E-state index in [2.05, 4.69) is 23.9 Å². The number of aromatic nitrogens is 1. The van der Waals surface area contributed by atoms with E-state index in [1.807, 2.05) is 25.7 Å². The lowest BCUT2D eigenvalue weighted by Crippen LogP contribution is -2.42. The minimum absolute atomic E-state index is 0.252. The van der Waals surface area contributed by atoms with Crippen LogP contribution in [-0.4, -0.2) is 21.9 Å². The van der Waals surface area contributed by atoms with Crippen molar-refractivity contribution in [3.8, 4) is 0 Å². The maximum atomic E-state index is 12.2. The summed E-state index contributed by atoms with van der Waals surface area (Å²) in [7, 11) is 2.07. The van der Waals surface area contributed by atoms with Gasteiger partial charge in [-0.25, -0.2) is 0 Å². The van der Waals surface area contributed by atoms with Crippen LogP contribution in [0.15, 0.2) is 12.3 Å². The Kier molecular flexibility index (Phi) is 2.56. The summed E-state index contributed by atoms with van der Waals surface area (Å²) in [4.78, 5) is 14.1. The Morgan fingerprint density at radius 2 is 2.06 bits per heavy atom. The average Bonchev–Trinajstić information content (AvgIpc) is 2.57. The van der Waals surface area contributed by atoms with Crippen molar-refractivity contribution in [1.29, 1.82) is 0 Å². The van der Waals surface area contributed by atoms with Gasteiger partial charge >= 0.3 is 0 Å². The summed E-state index contributed by atoms with van der Waals surface area (Å²) >= 11 is 0. The summed E-state index contributed by atoms with van der Waals surface area (Å²) in [5.41, 5.74) is 2.40. The normalized spacial score (nSPS) is 16.1. The van der Waals surface area contributed by atoms with Gasteiger partial charge in [0.1, 0.15) is 0 Å².